The van der Waals surface area contributed by atoms with Gasteiger partial charge in [0.1, 0.15) is 0 Å². The Hall–Kier alpha value is -0.440. The fourth-order valence-corrected chi connectivity index (χ4v) is 2.78. The molecule has 0 fully saturated rings. The summed E-state index contributed by atoms with van der Waals surface area (Å²) in [7, 11) is 0. The van der Waals surface area contributed by atoms with Crippen molar-refractivity contribution in [3.05, 3.63) is 34.4 Å². The average Bonchev–Trinajstić information content (AvgIpc) is 2.47. The van der Waals surface area contributed by atoms with Crippen molar-refractivity contribution in [3.63, 3.8) is 0 Å². The van der Waals surface area contributed by atoms with E-state index in [1.165, 1.54) is 12.1 Å². The molecule has 2 N–H and O–H groups in total. The molecule has 0 saturated carbocycles. The maximum atomic E-state index is 11.5. The number of aromatic carboxylic acids is 2. The predicted molar refractivity (Wildman–Crippen MR) is 101 cm³/mol. The van der Waals surface area contributed by atoms with Gasteiger partial charge in [0.25, 0.3) is 0 Å². The summed E-state index contributed by atoms with van der Waals surface area (Å²) in [6, 6.07) is 2.66. The second kappa shape index (κ2) is 9.00. The van der Waals surface area contributed by atoms with Crippen LogP contribution < -0.4 is 0 Å². The van der Waals surface area contributed by atoms with E-state index in [9.17, 15) is 19.8 Å². The van der Waals surface area contributed by atoms with Crippen LogP contribution in [0.1, 0.15) is 31.8 Å². The Kier molecular flexibility index (Phi) is 8.02. The molecule has 2 atom stereocenters. The van der Waals surface area contributed by atoms with E-state index in [4.69, 9.17) is 0 Å². The number of carbonyl (C=O) groups is 2. The van der Waals surface area contributed by atoms with Gasteiger partial charge in [-0.05, 0) is 36.1 Å². The Bertz CT molecular complexity index is 513. The van der Waals surface area contributed by atoms with Crippen LogP contribution in [0, 0.1) is 0 Å². The zero-order valence-electron chi connectivity index (χ0n) is 11.6. The van der Waals surface area contributed by atoms with Gasteiger partial charge in [0.2, 0.25) is 0 Å². The van der Waals surface area contributed by atoms with E-state index in [0.717, 1.165) is 0 Å². The van der Waals surface area contributed by atoms with Gasteiger partial charge in [-0.25, -0.2) is 9.59 Å². The largest absolute Gasteiger partial charge is 0.478 e. The van der Waals surface area contributed by atoms with Crippen molar-refractivity contribution >= 4 is 62.5 Å². The molecule has 8 heteroatoms. The van der Waals surface area contributed by atoms with Crippen LogP contribution in [-0.2, 0) is 12.8 Å². The minimum atomic E-state index is -1.09. The first-order chi connectivity index (χ1) is 10.3. The first-order valence-electron chi connectivity index (χ1n) is 6.51. The lowest BCUT2D eigenvalue weighted by Gasteiger charge is -2.19. The summed E-state index contributed by atoms with van der Waals surface area (Å²) in [6.07, 6.45) is 0.662. The predicted octanol–water partition coefficient (Wildman–Crippen LogP) is 2.62. The summed E-state index contributed by atoms with van der Waals surface area (Å²) in [4.78, 5) is 22.9. The summed E-state index contributed by atoms with van der Waals surface area (Å²) in [5.74, 6) is -1.27. The smallest absolute Gasteiger partial charge is 0.335 e. The highest BCUT2D eigenvalue weighted by Crippen LogP contribution is 2.26. The molecular formula is C14H18O4S4. The number of thiol groups is 4. The maximum Gasteiger partial charge on any atom is 0.335 e. The molecule has 1 rings (SSSR count). The van der Waals surface area contributed by atoms with E-state index in [-0.39, 0.29) is 21.6 Å². The molecule has 0 bridgehead atoms. The van der Waals surface area contributed by atoms with Gasteiger partial charge in [-0.1, -0.05) is 0 Å². The number of hydrogen-bond donors (Lipinski definition) is 6. The molecule has 0 aliphatic rings. The summed E-state index contributed by atoms with van der Waals surface area (Å²) in [5, 5.41) is 18.4. The molecule has 122 valence electrons. The fourth-order valence-electron chi connectivity index (χ4n) is 2.16. The van der Waals surface area contributed by atoms with Crippen molar-refractivity contribution in [1.82, 2.24) is 0 Å². The Balaban J connectivity index is 3.50. The van der Waals surface area contributed by atoms with E-state index in [2.05, 4.69) is 50.5 Å². The highest BCUT2D eigenvalue weighted by molar-refractivity contribution is 7.85. The maximum absolute atomic E-state index is 11.5. The van der Waals surface area contributed by atoms with Crippen LogP contribution in [-0.4, -0.2) is 44.2 Å². The van der Waals surface area contributed by atoms with Crippen LogP contribution >= 0.6 is 50.5 Å². The molecule has 1 aromatic rings. The summed E-state index contributed by atoms with van der Waals surface area (Å²) < 4.78 is 0. The van der Waals surface area contributed by atoms with Crippen LogP contribution in [0.5, 0.6) is 0 Å². The molecule has 0 radical (unpaired) electrons. The second-order valence-electron chi connectivity index (χ2n) is 4.81. The first kappa shape index (κ1) is 19.6. The third kappa shape index (κ3) is 5.04. The molecule has 0 aromatic heterocycles. The highest BCUT2D eigenvalue weighted by Gasteiger charge is 2.23. The Morgan fingerprint density at radius 1 is 0.864 bits per heavy atom. The van der Waals surface area contributed by atoms with E-state index >= 15 is 0 Å². The first-order valence-corrected chi connectivity index (χ1v) is 8.80. The number of benzene rings is 1. The standard InChI is InChI=1S/C14H18O4S4/c15-13(16)9-1-2-10(14(17)18)12(4-8(22)6-20)11(9)3-7(21)5-19/h1-2,7-8,19-22H,3-6H2,(H,15,16)(H,17,18). The quantitative estimate of drug-likeness (QED) is 0.393. The SMILES string of the molecule is O=C(O)c1ccc(C(=O)O)c(CC(S)CS)c1CC(S)CS. The Morgan fingerprint density at radius 2 is 1.18 bits per heavy atom. The molecule has 0 spiro atoms. The van der Waals surface area contributed by atoms with E-state index in [1.54, 1.807) is 0 Å². The topological polar surface area (TPSA) is 74.6 Å². The molecule has 1 aromatic carbocycles. The summed E-state index contributed by atoms with van der Waals surface area (Å²) in [5.41, 5.74) is 1.17. The molecule has 0 aliphatic heterocycles. The molecular weight excluding hydrogens is 360 g/mol. The van der Waals surface area contributed by atoms with Gasteiger partial charge in [0, 0.05) is 22.0 Å². The normalized spacial score (nSPS) is 13.6. The van der Waals surface area contributed by atoms with Crippen LogP contribution in [0.15, 0.2) is 12.1 Å². The summed E-state index contributed by atoms with van der Waals surface area (Å²) in [6.45, 7) is 0. The van der Waals surface area contributed by atoms with Gasteiger partial charge in [-0.2, -0.15) is 50.5 Å². The molecule has 22 heavy (non-hydrogen) atoms. The van der Waals surface area contributed by atoms with Gasteiger partial charge in [0.15, 0.2) is 0 Å². The number of carboxylic acid groups (broad SMARTS) is 2. The monoisotopic (exact) mass is 378 g/mol. The summed E-state index contributed by atoms with van der Waals surface area (Å²) >= 11 is 17.0. The lowest BCUT2D eigenvalue weighted by molar-refractivity contribution is 0.0679. The van der Waals surface area contributed by atoms with Gasteiger partial charge in [-0.3, -0.25) is 0 Å². The van der Waals surface area contributed by atoms with E-state index in [1.807, 2.05) is 0 Å². The molecule has 4 nitrogen and oxygen atoms in total. The van der Waals surface area contributed by atoms with E-state index < -0.39 is 11.9 Å². The molecule has 0 amide bonds. The van der Waals surface area contributed by atoms with Crippen molar-refractivity contribution in [2.24, 2.45) is 0 Å². The van der Waals surface area contributed by atoms with Crippen LogP contribution in [0.25, 0.3) is 0 Å². The number of carboxylic acids is 2. The minimum Gasteiger partial charge on any atom is -0.478 e. The fraction of sp³-hybridized carbons (Fsp3) is 0.429. The zero-order valence-corrected chi connectivity index (χ0v) is 15.2. The van der Waals surface area contributed by atoms with Crippen LogP contribution in [0.4, 0.5) is 0 Å². The lowest BCUT2D eigenvalue weighted by atomic mass is 9.90. The third-order valence-corrected chi connectivity index (χ3v) is 5.38. The molecule has 0 saturated heterocycles. The van der Waals surface area contributed by atoms with Crippen LogP contribution in [0.3, 0.4) is 0 Å². The minimum absolute atomic E-state index is 0.0977. The average molecular weight is 379 g/mol. The Labute approximate surface area is 151 Å². The second-order valence-corrected chi connectivity index (χ2v) is 7.00. The van der Waals surface area contributed by atoms with Crippen molar-refractivity contribution in [2.45, 2.75) is 23.3 Å². The van der Waals surface area contributed by atoms with Crippen molar-refractivity contribution in [2.75, 3.05) is 11.5 Å². The molecule has 0 heterocycles. The highest BCUT2D eigenvalue weighted by atomic mass is 32.1. The van der Waals surface area contributed by atoms with Crippen molar-refractivity contribution in [1.29, 1.82) is 0 Å². The third-order valence-electron chi connectivity index (χ3n) is 3.19. The van der Waals surface area contributed by atoms with Gasteiger partial charge in [-0.15, -0.1) is 0 Å². The molecule has 0 aliphatic carbocycles. The zero-order chi connectivity index (χ0) is 16.9. The van der Waals surface area contributed by atoms with Gasteiger partial charge in [0.05, 0.1) is 11.1 Å². The van der Waals surface area contributed by atoms with Crippen LogP contribution in [0.2, 0.25) is 0 Å². The van der Waals surface area contributed by atoms with Gasteiger partial charge >= 0.3 is 11.9 Å². The Morgan fingerprint density at radius 3 is 1.41 bits per heavy atom. The van der Waals surface area contributed by atoms with Gasteiger partial charge < -0.3 is 10.2 Å². The van der Waals surface area contributed by atoms with Crippen molar-refractivity contribution < 1.29 is 19.8 Å². The number of rotatable bonds is 8. The lowest BCUT2D eigenvalue weighted by Crippen LogP contribution is -2.19. The van der Waals surface area contributed by atoms with Crippen molar-refractivity contribution in [3.8, 4) is 0 Å². The number of hydrogen-bond acceptors (Lipinski definition) is 6. The van der Waals surface area contributed by atoms with E-state index in [0.29, 0.717) is 35.5 Å². The molecule has 2 unspecified atom stereocenters.